The number of benzene rings is 1. The third-order valence-electron chi connectivity index (χ3n) is 2.32. The van der Waals surface area contributed by atoms with Gasteiger partial charge in [-0.2, -0.15) is 0 Å². The number of ether oxygens (including phenoxy) is 1. The number of hydrogen-bond acceptors (Lipinski definition) is 5. The Hall–Kier alpha value is -1.70. The summed E-state index contributed by atoms with van der Waals surface area (Å²) in [5.41, 5.74) is -0.511. The highest BCUT2D eigenvalue weighted by atomic mass is 35.5. The Labute approximate surface area is 114 Å². The van der Waals surface area contributed by atoms with Crippen molar-refractivity contribution in [1.29, 1.82) is 0 Å². The van der Waals surface area contributed by atoms with Crippen molar-refractivity contribution < 1.29 is 19.6 Å². The first-order valence-electron chi connectivity index (χ1n) is 5.34. The molecule has 1 atom stereocenters. The summed E-state index contributed by atoms with van der Waals surface area (Å²) < 4.78 is 4.80. The number of nitro benzene ring substituents is 1. The van der Waals surface area contributed by atoms with Gasteiger partial charge in [-0.25, -0.2) is 0 Å². The van der Waals surface area contributed by atoms with Crippen molar-refractivity contribution in [3.05, 3.63) is 38.9 Å². The molecule has 0 fully saturated rings. The van der Waals surface area contributed by atoms with Gasteiger partial charge >= 0.3 is 0 Å². The van der Waals surface area contributed by atoms with Crippen LogP contribution < -0.4 is 5.32 Å². The Morgan fingerprint density at radius 1 is 1.63 bits per heavy atom. The molecule has 0 bridgehead atoms. The molecule has 1 aromatic carbocycles. The normalized spacial score (nSPS) is 11.9. The molecule has 1 aromatic rings. The van der Waals surface area contributed by atoms with E-state index in [1.807, 2.05) is 0 Å². The second kappa shape index (κ2) is 7.03. The lowest BCUT2D eigenvalue weighted by atomic mass is 10.1. The van der Waals surface area contributed by atoms with E-state index in [2.05, 4.69) is 5.32 Å². The topological polar surface area (TPSA) is 102 Å². The first-order valence-corrected chi connectivity index (χ1v) is 5.72. The summed E-state index contributed by atoms with van der Waals surface area (Å²) in [5, 5.41) is 22.5. The van der Waals surface area contributed by atoms with E-state index in [-0.39, 0.29) is 29.5 Å². The molecule has 1 amide bonds. The molecule has 0 aromatic heterocycles. The molecule has 0 heterocycles. The third-order valence-corrected chi connectivity index (χ3v) is 2.56. The molecule has 19 heavy (non-hydrogen) atoms. The predicted molar refractivity (Wildman–Crippen MR) is 68.3 cm³/mol. The van der Waals surface area contributed by atoms with Crippen LogP contribution >= 0.6 is 11.6 Å². The van der Waals surface area contributed by atoms with Crippen molar-refractivity contribution in [2.45, 2.75) is 6.04 Å². The van der Waals surface area contributed by atoms with Gasteiger partial charge in [-0.15, -0.1) is 0 Å². The van der Waals surface area contributed by atoms with Gasteiger partial charge < -0.3 is 15.2 Å². The van der Waals surface area contributed by atoms with Crippen molar-refractivity contribution in [2.75, 3.05) is 20.3 Å². The number of amides is 1. The van der Waals surface area contributed by atoms with Crippen LogP contribution in [0.2, 0.25) is 5.02 Å². The van der Waals surface area contributed by atoms with Gasteiger partial charge in [0.25, 0.3) is 11.6 Å². The molecule has 0 saturated heterocycles. The monoisotopic (exact) mass is 288 g/mol. The van der Waals surface area contributed by atoms with Crippen molar-refractivity contribution >= 4 is 23.2 Å². The molecule has 0 radical (unpaired) electrons. The molecular weight excluding hydrogens is 276 g/mol. The number of aliphatic hydroxyl groups is 1. The van der Waals surface area contributed by atoms with E-state index < -0.39 is 16.9 Å². The highest BCUT2D eigenvalue weighted by molar-refractivity contribution is 6.31. The molecule has 7 nitrogen and oxygen atoms in total. The van der Waals surface area contributed by atoms with Crippen LogP contribution in [-0.4, -0.2) is 42.3 Å². The van der Waals surface area contributed by atoms with Gasteiger partial charge in [0.15, 0.2) is 0 Å². The van der Waals surface area contributed by atoms with E-state index in [1.165, 1.54) is 19.2 Å². The maximum atomic E-state index is 11.9. The highest BCUT2D eigenvalue weighted by Crippen LogP contribution is 2.23. The molecular formula is C11H13ClN2O5. The van der Waals surface area contributed by atoms with Crippen LogP contribution in [0.3, 0.4) is 0 Å². The summed E-state index contributed by atoms with van der Waals surface area (Å²) in [6, 6.07) is 3.11. The van der Waals surface area contributed by atoms with E-state index in [0.717, 1.165) is 6.07 Å². The summed E-state index contributed by atoms with van der Waals surface area (Å²) in [5.74, 6) is -0.667. The van der Waals surface area contributed by atoms with Crippen LogP contribution in [0.25, 0.3) is 0 Å². The number of carbonyl (C=O) groups excluding carboxylic acids is 1. The second-order valence-corrected chi connectivity index (χ2v) is 4.16. The minimum Gasteiger partial charge on any atom is -0.394 e. The minimum absolute atomic E-state index is 0.101. The van der Waals surface area contributed by atoms with Crippen LogP contribution in [0.5, 0.6) is 0 Å². The average molecular weight is 289 g/mol. The molecule has 104 valence electrons. The number of aliphatic hydroxyl groups excluding tert-OH is 1. The molecule has 2 N–H and O–H groups in total. The number of nitrogens with zero attached hydrogens (tertiary/aromatic N) is 1. The minimum atomic E-state index is -0.689. The number of nitrogens with one attached hydrogen (secondary N) is 1. The Morgan fingerprint density at radius 2 is 2.32 bits per heavy atom. The summed E-state index contributed by atoms with van der Waals surface area (Å²) in [6.45, 7) is -0.232. The van der Waals surface area contributed by atoms with Gasteiger partial charge in [0.2, 0.25) is 0 Å². The van der Waals surface area contributed by atoms with Gasteiger partial charge in [-0.05, 0) is 12.1 Å². The Balaban J connectivity index is 2.96. The van der Waals surface area contributed by atoms with Crippen LogP contribution in [0.4, 0.5) is 5.69 Å². The maximum Gasteiger partial charge on any atom is 0.283 e. The van der Waals surface area contributed by atoms with Crippen molar-refractivity contribution in [1.82, 2.24) is 5.32 Å². The molecule has 0 aliphatic heterocycles. The van der Waals surface area contributed by atoms with Crippen LogP contribution in [0.15, 0.2) is 18.2 Å². The fraction of sp³-hybridized carbons (Fsp3) is 0.364. The Bertz CT molecular complexity index is 480. The largest absolute Gasteiger partial charge is 0.394 e. The zero-order chi connectivity index (χ0) is 14.4. The van der Waals surface area contributed by atoms with Crippen molar-refractivity contribution in [3.63, 3.8) is 0 Å². The average Bonchev–Trinajstić information content (AvgIpc) is 2.37. The molecule has 0 aliphatic carbocycles. The molecule has 1 unspecified atom stereocenters. The second-order valence-electron chi connectivity index (χ2n) is 3.73. The summed E-state index contributed by atoms with van der Waals surface area (Å²) >= 11 is 5.65. The molecule has 1 rings (SSSR count). The lowest BCUT2D eigenvalue weighted by Gasteiger charge is -2.15. The van der Waals surface area contributed by atoms with Gasteiger partial charge in [0.05, 0.1) is 24.2 Å². The zero-order valence-electron chi connectivity index (χ0n) is 10.1. The fourth-order valence-corrected chi connectivity index (χ4v) is 1.62. The number of halogens is 1. The van der Waals surface area contributed by atoms with Gasteiger partial charge in [0, 0.05) is 18.2 Å². The van der Waals surface area contributed by atoms with Gasteiger partial charge in [0.1, 0.15) is 5.56 Å². The first kappa shape index (κ1) is 15.4. The fourth-order valence-electron chi connectivity index (χ4n) is 1.45. The molecule has 0 aliphatic rings. The predicted octanol–water partition coefficient (Wildman–Crippen LogP) is 0.985. The maximum absolute atomic E-state index is 11.9. The Kier molecular flexibility index (Phi) is 5.68. The lowest BCUT2D eigenvalue weighted by Crippen LogP contribution is -2.40. The number of nitro groups is 1. The highest BCUT2D eigenvalue weighted by Gasteiger charge is 2.22. The van der Waals surface area contributed by atoms with E-state index in [0.29, 0.717) is 0 Å². The molecule has 0 spiro atoms. The van der Waals surface area contributed by atoms with Crippen molar-refractivity contribution in [3.8, 4) is 0 Å². The Morgan fingerprint density at radius 3 is 2.84 bits per heavy atom. The van der Waals surface area contributed by atoms with Crippen LogP contribution in [0, 0.1) is 10.1 Å². The molecule has 0 saturated carbocycles. The summed E-state index contributed by atoms with van der Waals surface area (Å²) in [4.78, 5) is 22.1. The standard InChI is InChI=1S/C11H13ClN2O5/c1-19-6-8(5-15)13-11(16)9-3-2-7(12)4-10(9)14(17)18/h2-4,8,15H,5-6H2,1H3,(H,13,16). The summed E-state index contributed by atoms with van der Waals surface area (Å²) in [7, 11) is 1.42. The first-order chi connectivity index (χ1) is 8.99. The van der Waals surface area contributed by atoms with E-state index in [4.69, 9.17) is 21.4 Å². The van der Waals surface area contributed by atoms with E-state index >= 15 is 0 Å². The van der Waals surface area contributed by atoms with Crippen LogP contribution in [0.1, 0.15) is 10.4 Å². The number of rotatable bonds is 6. The van der Waals surface area contributed by atoms with Crippen LogP contribution in [-0.2, 0) is 4.74 Å². The number of carbonyl (C=O) groups is 1. The van der Waals surface area contributed by atoms with E-state index in [9.17, 15) is 14.9 Å². The van der Waals surface area contributed by atoms with Gasteiger partial charge in [-0.3, -0.25) is 14.9 Å². The smallest absolute Gasteiger partial charge is 0.283 e. The van der Waals surface area contributed by atoms with Gasteiger partial charge in [-0.1, -0.05) is 11.6 Å². The molecule has 8 heteroatoms. The SMILES string of the molecule is COCC(CO)NC(=O)c1ccc(Cl)cc1[N+](=O)[O-]. The van der Waals surface area contributed by atoms with Crippen molar-refractivity contribution in [2.24, 2.45) is 0 Å². The van der Waals surface area contributed by atoms with E-state index in [1.54, 1.807) is 0 Å². The zero-order valence-corrected chi connectivity index (χ0v) is 10.9. The number of hydrogen-bond donors (Lipinski definition) is 2. The third kappa shape index (κ3) is 4.16. The summed E-state index contributed by atoms with van der Waals surface area (Å²) in [6.07, 6.45) is 0. The number of methoxy groups -OCH3 is 1. The quantitative estimate of drug-likeness (QED) is 0.600. The lowest BCUT2D eigenvalue weighted by molar-refractivity contribution is -0.385.